The van der Waals surface area contributed by atoms with Crippen molar-refractivity contribution < 1.29 is 0 Å². The minimum Gasteiger partial charge on any atom is -0.310 e. The predicted octanol–water partition coefficient (Wildman–Crippen LogP) is 3.35. The van der Waals surface area contributed by atoms with Crippen LogP contribution >= 0.6 is 0 Å². The van der Waals surface area contributed by atoms with Gasteiger partial charge in [0.1, 0.15) is 0 Å². The standard InChI is InChI=1S/C14H21N/c1-12(7-8-13-9-10-13)15-11-14-5-3-2-4-6-14/h2-6,12-13,15H,7-11H2,1H3. The van der Waals surface area contributed by atoms with E-state index >= 15 is 0 Å². The van der Waals surface area contributed by atoms with Gasteiger partial charge < -0.3 is 5.32 Å². The van der Waals surface area contributed by atoms with Crippen LogP contribution < -0.4 is 5.32 Å². The molecule has 0 amide bonds. The van der Waals surface area contributed by atoms with Crippen LogP contribution in [0.2, 0.25) is 0 Å². The van der Waals surface area contributed by atoms with Gasteiger partial charge in [-0.1, -0.05) is 43.2 Å². The van der Waals surface area contributed by atoms with Crippen molar-refractivity contribution in [2.24, 2.45) is 5.92 Å². The van der Waals surface area contributed by atoms with Crippen LogP contribution in [0.25, 0.3) is 0 Å². The maximum absolute atomic E-state index is 3.58. The van der Waals surface area contributed by atoms with Gasteiger partial charge in [0.2, 0.25) is 0 Å². The molecule has 1 aliphatic carbocycles. The molecular weight excluding hydrogens is 182 g/mol. The first-order chi connectivity index (χ1) is 7.34. The molecule has 0 bridgehead atoms. The van der Waals surface area contributed by atoms with Crippen molar-refractivity contribution in [2.45, 2.75) is 45.2 Å². The number of rotatable bonds is 6. The van der Waals surface area contributed by atoms with E-state index < -0.39 is 0 Å². The molecule has 1 N–H and O–H groups in total. The summed E-state index contributed by atoms with van der Waals surface area (Å²) >= 11 is 0. The highest BCUT2D eigenvalue weighted by Gasteiger charge is 2.21. The van der Waals surface area contributed by atoms with Gasteiger partial charge in [0, 0.05) is 12.6 Å². The lowest BCUT2D eigenvalue weighted by Gasteiger charge is -2.13. The second kappa shape index (κ2) is 5.32. The van der Waals surface area contributed by atoms with Gasteiger partial charge in [0.15, 0.2) is 0 Å². The van der Waals surface area contributed by atoms with Crippen LogP contribution in [0.4, 0.5) is 0 Å². The van der Waals surface area contributed by atoms with E-state index in [0.717, 1.165) is 12.5 Å². The van der Waals surface area contributed by atoms with Crippen LogP contribution in [0.3, 0.4) is 0 Å². The highest BCUT2D eigenvalue weighted by molar-refractivity contribution is 5.14. The Balaban J connectivity index is 1.63. The molecule has 0 heterocycles. The summed E-state index contributed by atoms with van der Waals surface area (Å²) in [5.41, 5.74) is 1.38. The molecule has 1 unspecified atom stereocenters. The van der Waals surface area contributed by atoms with Crippen LogP contribution in [-0.4, -0.2) is 6.04 Å². The average Bonchev–Trinajstić information content (AvgIpc) is 3.09. The quantitative estimate of drug-likeness (QED) is 0.747. The first-order valence-electron chi connectivity index (χ1n) is 6.12. The van der Waals surface area contributed by atoms with Crippen LogP contribution in [0, 0.1) is 5.92 Å². The smallest absolute Gasteiger partial charge is 0.0207 e. The zero-order valence-corrected chi connectivity index (χ0v) is 9.58. The van der Waals surface area contributed by atoms with E-state index in [9.17, 15) is 0 Å². The Bertz CT molecular complexity index is 277. The highest BCUT2D eigenvalue weighted by Crippen LogP contribution is 2.33. The van der Waals surface area contributed by atoms with E-state index in [4.69, 9.17) is 0 Å². The molecule has 0 aromatic heterocycles. The SMILES string of the molecule is CC(CCC1CC1)NCc1ccccc1. The normalized spacial score (nSPS) is 17.7. The number of hydrogen-bond donors (Lipinski definition) is 1. The molecule has 1 atom stereocenters. The topological polar surface area (TPSA) is 12.0 Å². The second-order valence-corrected chi connectivity index (χ2v) is 4.79. The maximum atomic E-state index is 3.58. The molecule has 0 saturated heterocycles. The average molecular weight is 203 g/mol. The maximum Gasteiger partial charge on any atom is 0.0207 e. The summed E-state index contributed by atoms with van der Waals surface area (Å²) in [7, 11) is 0. The molecule has 1 aliphatic rings. The molecule has 1 saturated carbocycles. The lowest BCUT2D eigenvalue weighted by molar-refractivity contribution is 0.482. The minimum atomic E-state index is 0.658. The number of benzene rings is 1. The summed E-state index contributed by atoms with van der Waals surface area (Å²) in [6, 6.07) is 11.3. The fourth-order valence-corrected chi connectivity index (χ4v) is 1.88. The Kier molecular flexibility index (Phi) is 3.79. The predicted molar refractivity (Wildman–Crippen MR) is 64.7 cm³/mol. The van der Waals surface area contributed by atoms with Crippen molar-refractivity contribution in [3.63, 3.8) is 0 Å². The van der Waals surface area contributed by atoms with E-state index in [-0.39, 0.29) is 0 Å². The summed E-state index contributed by atoms with van der Waals surface area (Å²) < 4.78 is 0. The monoisotopic (exact) mass is 203 g/mol. The molecule has 82 valence electrons. The van der Waals surface area contributed by atoms with E-state index in [0.29, 0.717) is 6.04 Å². The zero-order chi connectivity index (χ0) is 10.5. The van der Waals surface area contributed by atoms with Crippen molar-refractivity contribution >= 4 is 0 Å². The summed E-state index contributed by atoms with van der Waals surface area (Å²) in [6.07, 6.45) is 5.71. The highest BCUT2D eigenvalue weighted by atomic mass is 14.9. The van der Waals surface area contributed by atoms with Gasteiger partial charge in [-0.25, -0.2) is 0 Å². The molecule has 0 radical (unpaired) electrons. The van der Waals surface area contributed by atoms with E-state index in [1.807, 2.05) is 0 Å². The van der Waals surface area contributed by atoms with E-state index in [2.05, 4.69) is 42.6 Å². The third-order valence-electron chi connectivity index (χ3n) is 3.20. The molecule has 2 rings (SSSR count). The fraction of sp³-hybridized carbons (Fsp3) is 0.571. The molecule has 1 nitrogen and oxygen atoms in total. The van der Waals surface area contributed by atoms with Gasteiger partial charge in [-0.15, -0.1) is 0 Å². The van der Waals surface area contributed by atoms with Crippen LogP contribution in [-0.2, 0) is 6.54 Å². The lowest BCUT2D eigenvalue weighted by atomic mass is 10.1. The Morgan fingerprint density at radius 3 is 2.67 bits per heavy atom. The van der Waals surface area contributed by atoms with Crippen LogP contribution in [0.5, 0.6) is 0 Å². The molecule has 1 aromatic carbocycles. The van der Waals surface area contributed by atoms with Crippen molar-refractivity contribution in [3.05, 3.63) is 35.9 Å². The summed E-state index contributed by atoms with van der Waals surface area (Å²) in [4.78, 5) is 0. The number of hydrogen-bond acceptors (Lipinski definition) is 1. The Morgan fingerprint density at radius 1 is 1.27 bits per heavy atom. The van der Waals surface area contributed by atoms with Gasteiger partial charge in [-0.05, 0) is 31.2 Å². The summed E-state index contributed by atoms with van der Waals surface area (Å²) in [5.74, 6) is 1.06. The summed E-state index contributed by atoms with van der Waals surface area (Å²) in [6.45, 7) is 3.30. The Labute approximate surface area is 92.9 Å². The van der Waals surface area contributed by atoms with Gasteiger partial charge >= 0.3 is 0 Å². The van der Waals surface area contributed by atoms with Crippen molar-refractivity contribution in [2.75, 3.05) is 0 Å². The third kappa shape index (κ3) is 4.05. The van der Waals surface area contributed by atoms with Gasteiger partial charge in [0.05, 0.1) is 0 Å². The Hall–Kier alpha value is -0.820. The molecule has 1 aromatic rings. The van der Waals surface area contributed by atoms with E-state index in [1.54, 1.807) is 0 Å². The first-order valence-corrected chi connectivity index (χ1v) is 6.12. The van der Waals surface area contributed by atoms with Gasteiger partial charge in [-0.3, -0.25) is 0 Å². The summed E-state index contributed by atoms with van der Waals surface area (Å²) in [5, 5.41) is 3.58. The second-order valence-electron chi connectivity index (χ2n) is 4.79. The van der Waals surface area contributed by atoms with Crippen molar-refractivity contribution in [1.82, 2.24) is 5.32 Å². The van der Waals surface area contributed by atoms with Gasteiger partial charge in [-0.2, -0.15) is 0 Å². The van der Waals surface area contributed by atoms with Crippen molar-refractivity contribution in [1.29, 1.82) is 0 Å². The van der Waals surface area contributed by atoms with Gasteiger partial charge in [0.25, 0.3) is 0 Å². The molecule has 0 aliphatic heterocycles. The van der Waals surface area contributed by atoms with Crippen LogP contribution in [0.15, 0.2) is 30.3 Å². The Morgan fingerprint density at radius 2 is 2.00 bits per heavy atom. The number of nitrogens with one attached hydrogen (secondary N) is 1. The molecular formula is C14H21N. The first kappa shape index (κ1) is 10.7. The third-order valence-corrected chi connectivity index (χ3v) is 3.20. The molecule has 0 spiro atoms. The largest absolute Gasteiger partial charge is 0.310 e. The minimum absolute atomic E-state index is 0.658. The van der Waals surface area contributed by atoms with Crippen molar-refractivity contribution in [3.8, 4) is 0 Å². The molecule has 1 heteroatoms. The van der Waals surface area contributed by atoms with E-state index in [1.165, 1.54) is 31.2 Å². The molecule has 15 heavy (non-hydrogen) atoms. The van der Waals surface area contributed by atoms with Crippen LogP contribution in [0.1, 0.15) is 38.2 Å². The lowest BCUT2D eigenvalue weighted by Crippen LogP contribution is -2.25. The molecule has 1 fully saturated rings. The zero-order valence-electron chi connectivity index (χ0n) is 9.58. The fourth-order valence-electron chi connectivity index (χ4n) is 1.88.